The molecule has 0 aliphatic rings. The van der Waals surface area contributed by atoms with Gasteiger partial charge in [-0.15, -0.1) is 0 Å². The van der Waals surface area contributed by atoms with Gasteiger partial charge < -0.3 is 14.8 Å². The number of methoxy groups -OCH3 is 2. The number of hydrogen-bond donors (Lipinski definition) is 1. The van der Waals surface area contributed by atoms with Crippen LogP contribution in [0.4, 0.5) is 5.82 Å². The van der Waals surface area contributed by atoms with Gasteiger partial charge in [-0.25, -0.2) is 14.3 Å². The molecule has 0 fully saturated rings. The van der Waals surface area contributed by atoms with Gasteiger partial charge in [-0.2, -0.15) is 10.2 Å². The zero-order valence-corrected chi connectivity index (χ0v) is 18.4. The van der Waals surface area contributed by atoms with Gasteiger partial charge in [0.1, 0.15) is 5.82 Å². The van der Waals surface area contributed by atoms with Crippen LogP contribution in [0.2, 0.25) is 0 Å². The Morgan fingerprint density at radius 3 is 2.56 bits per heavy atom. The average Bonchev–Trinajstić information content (AvgIpc) is 3.37. The van der Waals surface area contributed by atoms with E-state index in [-0.39, 0.29) is 5.91 Å². The third-order valence-corrected chi connectivity index (χ3v) is 5.16. The van der Waals surface area contributed by atoms with Gasteiger partial charge >= 0.3 is 0 Å². The largest absolute Gasteiger partial charge is 0.493 e. The van der Waals surface area contributed by atoms with Crippen LogP contribution in [0.1, 0.15) is 27.2 Å². The Kier molecular flexibility index (Phi) is 5.89. The van der Waals surface area contributed by atoms with E-state index >= 15 is 0 Å². The van der Waals surface area contributed by atoms with E-state index in [0.717, 1.165) is 11.1 Å². The number of anilines is 1. The van der Waals surface area contributed by atoms with Crippen molar-refractivity contribution in [2.75, 3.05) is 19.5 Å². The molecule has 0 bridgehead atoms. The van der Waals surface area contributed by atoms with E-state index in [4.69, 9.17) is 9.47 Å². The second-order valence-corrected chi connectivity index (χ2v) is 7.22. The molecule has 0 atom stereocenters. The minimum absolute atomic E-state index is 0.262. The van der Waals surface area contributed by atoms with E-state index < -0.39 is 0 Å². The van der Waals surface area contributed by atoms with E-state index in [0.29, 0.717) is 40.9 Å². The lowest BCUT2D eigenvalue weighted by atomic mass is 10.2. The molecule has 0 unspecified atom stereocenters. The molecule has 0 saturated carbocycles. The molecule has 9 heteroatoms. The second kappa shape index (κ2) is 8.93. The van der Waals surface area contributed by atoms with Crippen molar-refractivity contribution >= 4 is 11.7 Å². The van der Waals surface area contributed by atoms with Gasteiger partial charge in [0, 0.05) is 11.8 Å². The van der Waals surface area contributed by atoms with Crippen LogP contribution >= 0.6 is 0 Å². The number of benzene rings is 1. The molecule has 0 saturated heterocycles. The summed E-state index contributed by atoms with van der Waals surface area (Å²) in [7, 11) is 3.19. The molecule has 0 spiro atoms. The topological polar surface area (TPSA) is 96.1 Å². The summed E-state index contributed by atoms with van der Waals surface area (Å²) < 4.78 is 14.1. The van der Waals surface area contributed by atoms with E-state index in [1.165, 1.54) is 0 Å². The van der Waals surface area contributed by atoms with Crippen molar-refractivity contribution in [3.63, 3.8) is 0 Å². The van der Waals surface area contributed by atoms with Gasteiger partial charge in [-0.05, 0) is 43.7 Å². The monoisotopic (exact) mass is 432 g/mol. The lowest BCUT2D eigenvalue weighted by Gasteiger charge is -2.12. The van der Waals surface area contributed by atoms with Crippen molar-refractivity contribution in [3.05, 3.63) is 77.4 Å². The molecule has 4 rings (SSSR count). The van der Waals surface area contributed by atoms with Crippen LogP contribution in [0, 0.1) is 13.8 Å². The van der Waals surface area contributed by atoms with Crippen LogP contribution in [0.25, 0.3) is 5.82 Å². The third kappa shape index (κ3) is 4.04. The molecule has 0 radical (unpaired) electrons. The zero-order valence-electron chi connectivity index (χ0n) is 18.4. The molecule has 164 valence electrons. The Morgan fingerprint density at radius 2 is 1.84 bits per heavy atom. The highest BCUT2D eigenvalue weighted by Gasteiger charge is 2.19. The fourth-order valence-corrected chi connectivity index (χ4v) is 3.43. The predicted octanol–water partition coefficient (Wildman–Crippen LogP) is 3.40. The third-order valence-electron chi connectivity index (χ3n) is 5.16. The molecule has 0 aliphatic carbocycles. The molecule has 1 amide bonds. The van der Waals surface area contributed by atoms with Crippen LogP contribution < -0.4 is 14.8 Å². The number of nitrogens with one attached hydrogen (secondary N) is 1. The van der Waals surface area contributed by atoms with Gasteiger partial charge in [0.05, 0.1) is 44.4 Å². The Morgan fingerprint density at radius 1 is 1.03 bits per heavy atom. The first kappa shape index (κ1) is 21.1. The lowest BCUT2D eigenvalue weighted by Crippen LogP contribution is -2.17. The summed E-state index contributed by atoms with van der Waals surface area (Å²) in [4.78, 5) is 17.4. The van der Waals surface area contributed by atoms with Gasteiger partial charge in [0.25, 0.3) is 5.91 Å². The number of pyridine rings is 1. The molecule has 0 aliphatic heterocycles. The molecule has 1 aromatic carbocycles. The van der Waals surface area contributed by atoms with E-state index in [1.54, 1.807) is 42.2 Å². The van der Waals surface area contributed by atoms with Crippen molar-refractivity contribution in [2.24, 2.45) is 0 Å². The Balaban J connectivity index is 1.57. The predicted molar refractivity (Wildman–Crippen MR) is 120 cm³/mol. The van der Waals surface area contributed by atoms with Gasteiger partial charge in [0.2, 0.25) is 0 Å². The Bertz CT molecular complexity index is 1250. The SMILES string of the molecule is COc1ccc(Cn2ncc(C)c2NC(=O)c2cnn(-c3ccccn3)c2C)cc1OC. The maximum absolute atomic E-state index is 13.1. The average molecular weight is 432 g/mol. The van der Waals surface area contributed by atoms with Crippen LogP contribution in [0.5, 0.6) is 11.5 Å². The van der Waals surface area contributed by atoms with Crippen molar-refractivity contribution in [1.29, 1.82) is 0 Å². The van der Waals surface area contributed by atoms with Crippen molar-refractivity contribution in [3.8, 4) is 17.3 Å². The summed E-state index contributed by atoms with van der Waals surface area (Å²) in [5.74, 6) is 2.30. The molecule has 4 aromatic rings. The number of hydrogen-bond acceptors (Lipinski definition) is 6. The number of aromatic nitrogens is 5. The standard InChI is InChI=1S/C23H24N6O3/c1-15-12-25-28(14-17-8-9-19(31-3)20(11-17)32-4)22(15)27-23(30)18-13-26-29(16(18)2)21-7-5-6-10-24-21/h5-13H,14H2,1-4H3,(H,27,30). The maximum atomic E-state index is 13.1. The van der Waals surface area contributed by atoms with Gasteiger partial charge in [-0.1, -0.05) is 12.1 Å². The minimum atomic E-state index is -0.262. The second-order valence-electron chi connectivity index (χ2n) is 7.22. The summed E-state index contributed by atoms with van der Waals surface area (Å²) in [6.07, 6.45) is 4.95. The first-order valence-corrected chi connectivity index (χ1v) is 10.0. The summed E-state index contributed by atoms with van der Waals surface area (Å²) in [5, 5.41) is 11.7. The Hall–Kier alpha value is -4.14. The van der Waals surface area contributed by atoms with Gasteiger partial charge in [-0.3, -0.25) is 4.79 Å². The van der Waals surface area contributed by atoms with Crippen molar-refractivity contribution in [2.45, 2.75) is 20.4 Å². The van der Waals surface area contributed by atoms with E-state index in [9.17, 15) is 4.79 Å². The van der Waals surface area contributed by atoms with Crippen LogP contribution in [0.15, 0.2) is 55.0 Å². The molecule has 32 heavy (non-hydrogen) atoms. The fraction of sp³-hybridized carbons (Fsp3) is 0.217. The van der Waals surface area contributed by atoms with Crippen molar-refractivity contribution in [1.82, 2.24) is 24.5 Å². The van der Waals surface area contributed by atoms with Crippen LogP contribution in [-0.4, -0.2) is 44.7 Å². The first-order valence-electron chi connectivity index (χ1n) is 10.0. The minimum Gasteiger partial charge on any atom is -0.493 e. The first-order chi connectivity index (χ1) is 15.5. The number of nitrogens with zero attached hydrogens (tertiary/aromatic N) is 5. The number of rotatable bonds is 7. The maximum Gasteiger partial charge on any atom is 0.260 e. The number of carbonyl (C=O) groups excluding carboxylic acids is 1. The van der Waals surface area contributed by atoms with Crippen LogP contribution in [0.3, 0.4) is 0 Å². The van der Waals surface area contributed by atoms with Crippen molar-refractivity contribution < 1.29 is 14.3 Å². The van der Waals surface area contributed by atoms with Crippen LogP contribution in [-0.2, 0) is 6.54 Å². The number of amides is 1. The molecule has 9 nitrogen and oxygen atoms in total. The smallest absolute Gasteiger partial charge is 0.260 e. The Labute approximate surface area is 185 Å². The summed E-state index contributed by atoms with van der Waals surface area (Å²) in [6, 6.07) is 11.2. The van der Waals surface area contributed by atoms with Gasteiger partial charge in [0.15, 0.2) is 17.3 Å². The number of ether oxygens (including phenoxy) is 2. The summed E-state index contributed by atoms with van der Waals surface area (Å²) in [5.41, 5.74) is 2.98. The highest BCUT2D eigenvalue weighted by atomic mass is 16.5. The molecular weight excluding hydrogens is 408 g/mol. The quantitative estimate of drug-likeness (QED) is 0.481. The highest BCUT2D eigenvalue weighted by Crippen LogP contribution is 2.28. The van der Waals surface area contributed by atoms with E-state index in [2.05, 4.69) is 20.5 Å². The fourth-order valence-electron chi connectivity index (χ4n) is 3.43. The molecule has 1 N–H and O–H groups in total. The number of aryl methyl sites for hydroxylation is 1. The summed E-state index contributed by atoms with van der Waals surface area (Å²) in [6.45, 7) is 4.19. The zero-order chi connectivity index (χ0) is 22.7. The molecular formula is C23H24N6O3. The highest BCUT2D eigenvalue weighted by molar-refractivity contribution is 6.04. The molecule has 3 aromatic heterocycles. The number of carbonyl (C=O) groups is 1. The lowest BCUT2D eigenvalue weighted by molar-refractivity contribution is 0.102. The normalized spacial score (nSPS) is 10.8. The summed E-state index contributed by atoms with van der Waals surface area (Å²) >= 11 is 0. The molecule has 3 heterocycles. The van der Waals surface area contributed by atoms with E-state index in [1.807, 2.05) is 50.2 Å².